The SMILES string of the molecule is CC(C)N(CCCCCO)c1ccc(CN)cc1. The van der Waals surface area contributed by atoms with Gasteiger partial charge in [0.2, 0.25) is 0 Å². The van der Waals surface area contributed by atoms with Crippen molar-refractivity contribution >= 4 is 5.69 Å². The number of hydrogen-bond acceptors (Lipinski definition) is 3. The van der Waals surface area contributed by atoms with Crippen LogP contribution < -0.4 is 10.6 Å². The van der Waals surface area contributed by atoms with E-state index in [0.717, 1.165) is 25.8 Å². The number of aliphatic hydroxyl groups is 1. The maximum Gasteiger partial charge on any atom is 0.0431 e. The molecule has 3 heteroatoms. The normalized spacial score (nSPS) is 10.9. The summed E-state index contributed by atoms with van der Waals surface area (Å²) in [7, 11) is 0. The Labute approximate surface area is 111 Å². The molecule has 0 spiro atoms. The molecule has 0 saturated heterocycles. The molecule has 0 aliphatic heterocycles. The van der Waals surface area contributed by atoms with Crippen molar-refractivity contribution in [2.45, 2.75) is 45.7 Å². The summed E-state index contributed by atoms with van der Waals surface area (Å²) in [5, 5.41) is 8.79. The van der Waals surface area contributed by atoms with Gasteiger partial charge in [-0.25, -0.2) is 0 Å². The van der Waals surface area contributed by atoms with Crippen LogP contribution in [0.4, 0.5) is 5.69 Å². The largest absolute Gasteiger partial charge is 0.396 e. The Morgan fingerprint density at radius 1 is 1.11 bits per heavy atom. The first-order valence-corrected chi connectivity index (χ1v) is 6.85. The highest BCUT2D eigenvalue weighted by Crippen LogP contribution is 2.18. The molecule has 0 fully saturated rings. The molecular weight excluding hydrogens is 224 g/mol. The van der Waals surface area contributed by atoms with Gasteiger partial charge in [0.25, 0.3) is 0 Å². The second-order valence-electron chi connectivity index (χ2n) is 4.94. The van der Waals surface area contributed by atoms with Gasteiger partial charge in [-0.15, -0.1) is 0 Å². The van der Waals surface area contributed by atoms with Gasteiger partial charge in [0.05, 0.1) is 0 Å². The summed E-state index contributed by atoms with van der Waals surface area (Å²) in [6, 6.07) is 8.97. The van der Waals surface area contributed by atoms with E-state index in [1.54, 1.807) is 0 Å². The summed E-state index contributed by atoms with van der Waals surface area (Å²) >= 11 is 0. The molecule has 0 aromatic heterocycles. The Morgan fingerprint density at radius 2 is 1.78 bits per heavy atom. The van der Waals surface area contributed by atoms with E-state index in [4.69, 9.17) is 10.8 Å². The molecule has 0 aliphatic rings. The fourth-order valence-electron chi connectivity index (χ4n) is 2.08. The van der Waals surface area contributed by atoms with Crippen LogP contribution in [0.5, 0.6) is 0 Å². The third-order valence-electron chi connectivity index (χ3n) is 3.18. The first kappa shape index (κ1) is 15.0. The van der Waals surface area contributed by atoms with Gasteiger partial charge in [-0.3, -0.25) is 0 Å². The van der Waals surface area contributed by atoms with Crippen LogP contribution in [0.2, 0.25) is 0 Å². The zero-order valence-corrected chi connectivity index (χ0v) is 11.6. The highest BCUT2D eigenvalue weighted by atomic mass is 16.2. The van der Waals surface area contributed by atoms with Crippen molar-refractivity contribution in [3.63, 3.8) is 0 Å². The van der Waals surface area contributed by atoms with E-state index in [1.807, 2.05) is 0 Å². The molecule has 0 bridgehead atoms. The highest BCUT2D eigenvalue weighted by Gasteiger charge is 2.09. The van der Waals surface area contributed by atoms with Crippen molar-refractivity contribution in [2.24, 2.45) is 5.73 Å². The molecule has 0 saturated carbocycles. The van der Waals surface area contributed by atoms with Crippen molar-refractivity contribution in [3.05, 3.63) is 29.8 Å². The number of anilines is 1. The lowest BCUT2D eigenvalue weighted by molar-refractivity contribution is 0.283. The van der Waals surface area contributed by atoms with Crippen LogP contribution >= 0.6 is 0 Å². The van der Waals surface area contributed by atoms with Gasteiger partial charge < -0.3 is 15.7 Å². The molecular formula is C15H26N2O. The quantitative estimate of drug-likeness (QED) is 0.697. The lowest BCUT2D eigenvalue weighted by Gasteiger charge is -2.29. The lowest BCUT2D eigenvalue weighted by atomic mass is 10.1. The third-order valence-corrected chi connectivity index (χ3v) is 3.18. The van der Waals surface area contributed by atoms with E-state index >= 15 is 0 Å². The fourth-order valence-corrected chi connectivity index (χ4v) is 2.08. The minimum atomic E-state index is 0.298. The summed E-state index contributed by atoms with van der Waals surface area (Å²) in [5.74, 6) is 0. The fraction of sp³-hybridized carbons (Fsp3) is 0.600. The Hall–Kier alpha value is -1.06. The number of benzene rings is 1. The standard InChI is InChI=1S/C15H26N2O/c1-13(2)17(10-4-3-5-11-18)15-8-6-14(12-16)7-9-15/h6-9,13,18H,3-5,10-12,16H2,1-2H3. The average Bonchev–Trinajstić information content (AvgIpc) is 2.39. The van der Waals surface area contributed by atoms with E-state index in [0.29, 0.717) is 19.2 Å². The third kappa shape index (κ3) is 4.67. The molecule has 0 aliphatic carbocycles. The molecule has 3 N–H and O–H groups in total. The van der Waals surface area contributed by atoms with Crippen LogP contribution in [-0.2, 0) is 6.54 Å². The summed E-state index contributed by atoms with van der Waals surface area (Å²) in [5.41, 5.74) is 8.04. The maximum absolute atomic E-state index is 8.79. The van der Waals surface area contributed by atoms with Crippen molar-refractivity contribution in [1.29, 1.82) is 0 Å². The number of aliphatic hydroxyl groups excluding tert-OH is 1. The number of nitrogens with zero attached hydrogens (tertiary/aromatic N) is 1. The van der Waals surface area contributed by atoms with Crippen LogP contribution in [0.1, 0.15) is 38.7 Å². The first-order valence-electron chi connectivity index (χ1n) is 6.85. The molecule has 0 unspecified atom stereocenters. The predicted octanol–water partition coefficient (Wildman–Crippen LogP) is 2.52. The first-order chi connectivity index (χ1) is 8.69. The molecule has 102 valence electrons. The summed E-state index contributed by atoms with van der Waals surface area (Å²) in [6.07, 6.45) is 3.11. The van der Waals surface area contributed by atoms with Gasteiger partial charge in [0, 0.05) is 31.4 Å². The van der Waals surface area contributed by atoms with E-state index in [2.05, 4.69) is 43.0 Å². The second kappa shape index (κ2) is 8.11. The number of nitrogens with two attached hydrogens (primary N) is 1. The smallest absolute Gasteiger partial charge is 0.0431 e. The second-order valence-corrected chi connectivity index (χ2v) is 4.94. The van der Waals surface area contributed by atoms with Gasteiger partial charge in [-0.1, -0.05) is 12.1 Å². The van der Waals surface area contributed by atoms with Crippen LogP contribution in [-0.4, -0.2) is 24.3 Å². The van der Waals surface area contributed by atoms with Crippen molar-refractivity contribution in [1.82, 2.24) is 0 Å². The van der Waals surface area contributed by atoms with Crippen molar-refractivity contribution in [3.8, 4) is 0 Å². The van der Waals surface area contributed by atoms with E-state index in [9.17, 15) is 0 Å². The van der Waals surface area contributed by atoms with Gasteiger partial charge in [0.1, 0.15) is 0 Å². The monoisotopic (exact) mass is 250 g/mol. The van der Waals surface area contributed by atoms with Gasteiger partial charge >= 0.3 is 0 Å². The molecule has 0 radical (unpaired) electrons. The molecule has 0 atom stereocenters. The molecule has 1 aromatic carbocycles. The molecule has 0 heterocycles. The minimum absolute atomic E-state index is 0.298. The van der Waals surface area contributed by atoms with Crippen LogP contribution in [0.3, 0.4) is 0 Å². The Bertz CT molecular complexity index is 322. The molecule has 3 nitrogen and oxygen atoms in total. The van der Waals surface area contributed by atoms with Crippen molar-refractivity contribution in [2.75, 3.05) is 18.1 Å². The van der Waals surface area contributed by atoms with Gasteiger partial charge in [0.15, 0.2) is 0 Å². The van der Waals surface area contributed by atoms with Crippen LogP contribution in [0, 0.1) is 0 Å². The maximum atomic E-state index is 8.79. The Balaban J connectivity index is 2.59. The minimum Gasteiger partial charge on any atom is -0.396 e. The summed E-state index contributed by atoms with van der Waals surface area (Å²) in [6.45, 7) is 6.36. The molecule has 18 heavy (non-hydrogen) atoms. The van der Waals surface area contributed by atoms with E-state index in [-0.39, 0.29) is 0 Å². The van der Waals surface area contributed by atoms with E-state index < -0.39 is 0 Å². The predicted molar refractivity (Wildman–Crippen MR) is 77.8 cm³/mol. The highest BCUT2D eigenvalue weighted by molar-refractivity contribution is 5.48. The Kier molecular flexibility index (Phi) is 6.76. The number of unbranched alkanes of at least 4 members (excludes halogenated alkanes) is 2. The van der Waals surface area contributed by atoms with Gasteiger partial charge in [-0.2, -0.15) is 0 Å². The number of rotatable bonds is 8. The molecule has 1 rings (SSSR count). The summed E-state index contributed by atoms with van der Waals surface area (Å²) in [4.78, 5) is 2.40. The number of hydrogen-bond donors (Lipinski definition) is 2. The zero-order valence-electron chi connectivity index (χ0n) is 11.6. The molecule has 1 aromatic rings. The van der Waals surface area contributed by atoms with Gasteiger partial charge in [-0.05, 0) is 50.8 Å². The van der Waals surface area contributed by atoms with Crippen molar-refractivity contribution < 1.29 is 5.11 Å². The van der Waals surface area contributed by atoms with Crippen LogP contribution in [0.15, 0.2) is 24.3 Å². The molecule has 0 amide bonds. The van der Waals surface area contributed by atoms with E-state index in [1.165, 1.54) is 11.3 Å². The Morgan fingerprint density at radius 3 is 2.28 bits per heavy atom. The summed E-state index contributed by atoms with van der Waals surface area (Å²) < 4.78 is 0. The zero-order chi connectivity index (χ0) is 13.4. The lowest BCUT2D eigenvalue weighted by Crippen LogP contribution is -2.31. The average molecular weight is 250 g/mol. The van der Waals surface area contributed by atoms with Crippen LogP contribution in [0.25, 0.3) is 0 Å². The topological polar surface area (TPSA) is 49.5 Å².